The Bertz CT molecular complexity index is 1040. The smallest absolute Gasteiger partial charge is 0.305 e. The highest BCUT2D eigenvalue weighted by Crippen LogP contribution is 2.28. The molecule has 0 aliphatic rings. The number of imidazole rings is 1. The Balaban J connectivity index is 1.91. The number of benzene rings is 1. The van der Waals surface area contributed by atoms with Gasteiger partial charge in [0.2, 0.25) is 0 Å². The standard InChI is InChI=1S/C25H33N3O3S/c1-4-7-9-18(15-24(29)30)26-25(31)17-11-12-22-21(14-17)27-23(16-20-10-8-13-32-20)28(22)19(5-2)6-3/h8,10-14,18-19H,4-7,9,15-16H2,1-3H3,(H,26,31)(H,29,30)/t18-/m1/s1. The van der Waals surface area contributed by atoms with E-state index >= 15 is 0 Å². The van der Waals surface area contributed by atoms with Gasteiger partial charge in [-0.3, -0.25) is 9.59 Å². The lowest BCUT2D eigenvalue weighted by Gasteiger charge is -2.19. The molecule has 2 aromatic heterocycles. The number of hydrogen-bond donors (Lipinski definition) is 2. The van der Waals surface area contributed by atoms with Crippen molar-refractivity contribution in [3.05, 3.63) is 52.0 Å². The maximum atomic E-state index is 12.9. The van der Waals surface area contributed by atoms with Crippen LogP contribution < -0.4 is 5.32 Å². The molecule has 0 fully saturated rings. The van der Waals surface area contributed by atoms with Crippen molar-refractivity contribution in [2.75, 3.05) is 0 Å². The fourth-order valence-electron chi connectivity index (χ4n) is 4.20. The largest absolute Gasteiger partial charge is 0.481 e. The summed E-state index contributed by atoms with van der Waals surface area (Å²) in [5, 5.41) is 14.2. The van der Waals surface area contributed by atoms with Gasteiger partial charge < -0.3 is 15.0 Å². The van der Waals surface area contributed by atoms with Gasteiger partial charge in [0.1, 0.15) is 5.82 Å². The van der Waals surface area contributed by atoms with E-state index in [-0.39, 0.29) is 18.4 Å². The molecule has 0 radical (unpaired) electrons. The zero-order valence-electron chi connectivity index (χ0n) is 19.1. The van der Waals surface area contributed by atoms with Crippen molar-refractivity contribution >= 4 is 34.2 Å². The first-order chi connectivity index (χ1) is 15.5. The molecule has 0 aliphatic heterocycles. The summed E-state index contributed by atoms with van der Waals surface area (Å²) in [6.45, 7) is 6.43. The Kier molecular flexibility index (Phi) is 8.45. The predicted octanol–water partition coefficient (Wildman–Crippen LogP) is 5.81. The van der Waals surface area contributed by atoms with E-state index in [0.29, 0.717) is 18.0 Å². The SMILES string of the molecule is CCCC[C@H](CC(=O)O)NC(=O)c1ccc2c(c1)nc(Cc1cccs1)n2C(CC)CC. The summed E-state index contributed by atoms with van der Waals surface area (Å²) in [7, 11) is 0. The highest BCUT2D eigenvalue weighted by atomic mass is 32.1. The normalized spacial score (nSPS) is 12.4. The summed E-state index contributed by atoms with van der Waals surface area (Å²) in [6.07, 6.45) is 5.21. The highest BCUT2D eigenvalue weighted by Gasteiger charge is 2.20. The number of fused-ring (bicyclic) bond motifs is 1. The molecule has 7 heteroatoms. The number of carboxylic acids is 1. The zero-order chi connectivity index (χ0) is 23.1. The lowest BCUT2D eigenvalue weighted by atomic mass is 10.1. The van der Waals surface area contributed by atoms with Crippen LogP contribution in [0.15, 0.2) is 35.7 Å². The predicted molar refractivity (Wildman–Crippen MR) is 130 cm³/mol. The third-order valence-electron chi connectivity index (χ3n) is 5.91. The zero-order valence-corrected chi connectivity index (χ0v) is 20.0. The number of unbranched alkanes of at least 4 members (excludes halogenated alkanes) is 1. The van der Waals surface area contributed by atoms with Gasteiger partial charge in [0, 0.05) is 28.9 Å². The second-order valence-corrected chi connectivity index (χ2v) is 9.27. The summed E-state index contributed by atoms with van der Waals surface area (Å²) in [5.74, 6) is -0.129. The Hall–Kier alpha value is -2.67. The van der Waals surface area contributed by atoms with Gasteiger partial charge in [0.15, 0.2) is 0 Å². The average Bonchev–Trinajstić information content (AvgIpc) is 3.40. The maximum Gasteiger partial charge on any atom is 0.305 e. The molecule has 0 aliphatic carbocycles. The topological polar surface area (TPSA) is 84.2 Å². The molecule has 32 heavy (non-hydrogen) atoms. The van der Waals surface area contributed by atoms with E-state index in [1.807, 2.05) is 18.2 Å². The summed E-state index contributed by atoms with van der Waals surface area (Å²) in [4.78, 5) is 30.3. The van der Waals surface area contributed by atoms with Crippen molar-refractivity contribution in [3.8, 4) is 0 Å². The summed E-state index contributed by atoms with van der Waals surface area (Å²) in [5.41, 5.74) is 2.36. The van der Waals surface area contributed by atoms with Gasteiger partial charge >= 0.3 is 5.97 Å². The first-order valence-electron chi connectivity index (χ1n) is 11.5. The summed E-state index contributed by atoms with van der Waals surface area (Å²) in [6, 6.07) is 9.80. The van der Waals surface area contributed by atoms with Crippen LogP contribution in [0.2, 0.25) is 0 Å². The number of nitrogens with zero attached hydrogens (tertiary/aromatic N) is 2. The van der Waals surface area contributed by atoms with Gasteiger partial charge in [0.25, 0.3) is 5.91 Å². The van der Waals surface area contributed by atoms with Gasteiger partial charge in [-0.2, -0.15) is 0 Å². The maximum absolute atomic E-state index is 12.9. The fraction of sp³-hybridized carbons (Fsp3) is 0.480. The number of hydrogen-bond acceptors (Lipinski definition) is 4. The highest BCUT2D eigenvalue weighted by molar-refractivity contribution is 7.09. The molecule has 0 saturated heterocycles. The lowest BCUT2D eigenvalue weighted by Crippen LogP contribution is -2.36. The molecule has 0 unspecified atom stereocenters. The third-order valence-corrected chi connectivity index (χ3v) is 6.78. The minimum Gasteiger partial charge on any atom is -0.481 e. The Morgan fingerprint density at radius 3 is 2.59 bits per heavy atom. The van der Waals surface area contributed by atoms with Crippen LogP contribution in [0.25, 0.3) is 11.0 Å². The van der Waals surface area contributed by atoms with Gasteiger partial charge in [-0.25, -0.2) is 4.98 Å². The summed E-state index contributed by atoms with van der Waals surface area (Å²) < 4.78 is 2.32. The van der Waals surface area contributed by atoms with E-state index < -0.39 is 5.97 Å². The molecule has 2 N–H and O–H groups in total. The number of thiophene rings is 1. The number of carbonyl (C=O) groups is 2. The van der Waals surface area contributed by atoms with Gasteiger partial charge in [0.05, 0.1) is 17.5 Å². The monoisotopic (exact) mass is 455 g/mol. The molecule has 6 nitrogen and oxygen atoms in total. The molecule has 0 saturated carbocycles. The van der Waals surface area contributed by atoms with Crippen LogP contribution in [0.3, 0.4) is 0 Å². The molecular weight excluding hydrogens is 422 g/mol. The van der Waals surface area contributed by atoms with E-state index in [9.17, 15) is 14.7 Å². The van der Waals surface area contributed by atoms with Gasteiger partial charge in [-0.15, -0.1) is 11.3 Å². The molecular formula is C25H33N3O3S. The second-order valence-electron chi connectivity index (χ2n) is 8.24. The fourth-order valence-corrected chi connectivity index (χ4v) is 4.90. The molecule has 0 bridgehead atoms. The van der Waals surface area contributed by atoms with Crippen LogP contribution >= 0.6 is 11.3 Å². The van der Waals surface area contributed by atoms with Crippen molar-refractivity contribution in [1.29, 1.82) is 0 Å². The van der Waals surface area contributed by atoms with Crippen molar-refractivity contribution in [3.63, 3.8) is 0 Å². The quantitative estimate of drug-likeness (QED) is 0.361. The number of carboxylic acid groups (broad SMARTS) is 1. The van der Waals surface area contributed by atoms with Crippen LogP contribution in [-0.2, 0) is 11.2 Å². The molecule has 3 rings (SSSR count). The summed E-state index contributed by atoms with van der Waals surface area (Å²) >= 11 is 1.72. The number of carbonyl (C=O) groups excluding carboxylic acids is 1. The van der Waals surface area contributed by atoms with Gasteiger partial charge in [-0.1, -0.05) is 39.7 Å². The molecule has 1 atom stereocenters. The average molecular weight is 456 g/mol. The molecule has 0 spiro atoms. The van der Waals surface area contributed by atoms with Crippen LogP contribution in [-0.4, -0.2) is 32.6 Å². The minimum atomic E-state index is -0.899. The second kappa shape index (κ2) is 11.3. The number of amides is 1. The van der Waals surface area contributed by atoms with Crippen molar-refractivity contribution < 1.29 is 14.7 Å². The van der Waals surface area contributed by atoms with E-state index in [1.54, 1.807) is 11.3 Å². The van der Waals surface area contributed by atoms with Crippen molar-refractivity contribution in [1.82, 2.24) is 14.9 Å². The van der Waals surface area contributed by atoms with Crippen LogP contribution in [0.4, 0.5) is 0 Å². The number of nitrogens with one attached hydrogen (secondary N) is 1. The van der Waals surface area contributed by atoms with Crippen LogP contribution in [0, 0.1) is 0 Å². The van der Waals surface area contributed by atoms with Gasteiger partial charge in [-0.05, 0) is 48.9 Å². The Morgan fingerprint density at radius 2 is 1.97 bits per heavy atom. The van der Waals surface area contributed by atoms with E-state index in [4.69, 9.17) is 4.98 Å². The molecule has 2 heterocycles. The van der Waals surface area contributed by atoms with Crippen LogP contribution in [0.5, 0.6) is 0 Å². The molecule has 172 valence electrons. The lowest BCUT2D eigenvalue weighted by molar-refractivity contribution is -0.137. The first kappa shape index (κ1) is 24.0. The number of aromatic nitrogens is 2. The number of rotatable bonds is 12. The van der Waals surface area contributed by atoms with E-state index in [0.717, 1.165) is 49.0 Å². The first-order valence-corrected chi connectivity index (χ1v) is 12.4. The molecule has 1 aromatic carbocycles. The Labute approximate surface area is 193 Å². The van der Waals surface area contributed by atoms with Crippen molar-refractivity contribution in [2.45, 2.75) is 77.8 Å². The van der Waals surface area contributed by atoms with E-state index in [1.165, 1.54) is 4.88 Å². The molecule has 1 amide bonds. The van der Waals surface area contributed by atoms with E-state index in [2.05, 4.69) is 48.2 Å². The Morgan fingerprint density at radius 1 is 1.19 bits per heavy atom. The van der Waals surface area contributed by atoms with Crippen LogP contribution in [0.1, 0.15) is 86.4 Å². The van der Waals surface area contributed by atoms with Crippen molar-refractivity contribution in [2.24, 2.45) is 0 Å². The number of aliphatic carboxylic acids is 1. The minimum absolute atomic E-state index is 0.0672. The molecule has 3 aromatic rings. The third kappa shape index (κ3) is 5.76.